The summed E-state index contributed by atoms with van der Waals surface area (Å²) in [4.78, 5) is 42.6. The molecule has 364 valence electrons. The normalized spacial score (nSPS) is 8.93. The molecule has 60 heavy (non-hydrogen) atoms. The van der Waals surface area contributed by atoms with Gasteiger partial charge < -0.3 is 112 Å². The van der Waals surface area contributed by atoms with Crippen LogP contribution >= 0.6 is 0 Å². The zero-order valence-corrected chi connectivity index (χ0v) is 42.2. The van der Waals surface area contributed by atoms with Gasteiger partial charge in [0, 0.05) is 72.0 Å². The summed E-state index contributed by atoms with van der Waals surface area (Å²) >= 11 is 0. The SMILES string of the molecule is CC(C)(C)C(=O)[O-].CC(C)(C)C(=O)[O-].CC(C)(C)C(=O)[O-].CC(C)(C)C(=O)[O-].[Dy+3].[Dy+3].[Fe+3].[Fe+3].[N-]=[N+]=[N-].[N-]=[N+]=[N-].[O-]CCOCCOCC[O-].[O-]CCOCCOCC[O-].[OH-].[OH-]. The average Bonchev–Trinajstić information content (AvgIpc) is 3.01. The van der Waals surface area contributed by atoms with Crippen molar-refractivity contribution in [3.8, 4) is 0 Å². The molecular formula is C32H62Dy2Fe2N6O18. The first kappa shape index (κ1) is 98.5. The zero-order chi connectivity index (χ0) is 45.0. The Bertz CT molecular complexity index is 835. The molecule has 24 nitrogen and oxygen atoms in total. The molecule has 0 heterocycles. The van der Waals surface area contributed by atoms with Gasteiger partial charge in [-0.25, -0.2) is 0 Å². The molecule has 0 spiro atoms. The minimum atomic E-state index is -1.01. The van der Waals surface area contributed by atoms with Crippen molar-refractivity contribution in [2.24, 2.45) is 21.7 Å². The summed E-state index contributed by atoms with van der Waals surface area (Å²) in [5, 5.41) is 78.9. The fourth-order valence-corrected chi connectivity index (χ4v) is 0.880. The molecule has 0 fully saturated rings. The Balaban J connectivity index is -0.0000000338. The van der Waals surface area contributed by atoms with Crippen molar-refractivity contribution < 1.29 is 200 Å². The van der Waals surface area contributed by atoms with Crippen LogP contribution in [0.15, 0.2) is 0 Å². The van der Waals surface area contributed by atoms with Crippen molar-refractivity contribution in [1.82, 2.24) is 0 Å². The van der Waals surface area contributed by atoms with E-state index in [4.69, 9.17) is 41.1 Å². The van der Waals surface area contributed by atoms with Gasteiger partial charge in [-0.05, 0) is 0 Å². The van der Waals surface area contributed by atoms with Gasteiger partial charge in [-0.3, -0.25) is 9.82 Å². The number of carboxylic acid groups (broad SMARTS) is 4. The van der Waals surface area contributed by atoms with Gasteiger partial charge in [0.25, 0.3) is 0 Å². The average molecular weight is 1260 g/mol. The van der Waals surface area contributed by atoms with Crippen LogP contribution in [0.5, 0.6) is 0 Å². The van der Waals surface area contributed by atoms with Gasteiger partial charge in [0.05, 0.1) is 26.4 Å². The molecule has 0 aromatic rings. The summed E-state index contributed by atoms with van der Waals surface area (Å²) in [6.07, 6.45) is 0. The Morgan fingerprint density at radius 2 is 0.467 bits per heavy atom. The summed E-state index contributed by atoms with van der Waals surface area (Å²) < 4.78 is 19.2. The molecule has 0 aromatic carbocycles. The number of carbonyl (C=O) groups excluding carboxylic acids is 4. The van der Waals surface area contributed by atoms with Gasteiger partial charge in [-0.2, -0.15) is 0 Å². The second-order valence-corrected chi connectivity index (χ2v) is 13.6. The molecule has 0 saturated carbocycles. The van der Waals surface area contributed by atoms with E-state index in [-0.39, 0.29) is 174 Å². The molecule has 28 heteroatoms. The van der Waals surface area contributed by atoms with E-state index < -0.39 is 45.5 Å². The van der Waals surface area contributed by atoms with E-state index in [0.717, 1.165) is 0 Å². The molecule has 4 radical (unpaired) electrons. The molecule has 0 aliphatic heterocycles. The van der Waals surface area contributed by atoms with Crippen molar-refractivity contribution in [3.05, 3.63) is 31.9 Å². The van der Waals surface area contributed by atoms with Crippen LogP contribution in [0, 0.1) is 98.0 Å². The Labute approximate surface area is 436 Å². The number of hydrogen-bond acceptors (Lipinski definition) is 18. The van der Waals surface area contributed by atoms with E-state index in [1.807, 2.05) is 0 Å². The van der Waals surface area contributed by atoms with Crippen molar-refractivity contribution in [2.45, 2.75) is 83.1 Å². The molecule has 0 rings (SSSR count). The molecule has 0 saturated heterocycles. The number of rotatable bonds is 14. The van der Waals surface area contributed by atoms with E-state index in [1.54, 1.807) is 83.1 Å². The Morgan fingerprint density at radius 1 is 0.383 bits per heavy atom. The smallest absolute Gasteiger partial charge is 0.870 e. The topological polar surface area (TPSA) is 467 Å². The fourth-order valence-electron chi connectivity index (χ4n) is 0.880. The number of nitrogens with zero attached hydrogens (tertiary/aromatic N) is 6. The third kappa shape index (κ3) is 131. The molecule has 0 aliphatic carbocycles. The van der Waals surface area contributed by atoms with Gasteiger partial charge in [-0.1, -0.05) is 83.1 Å². The van der Waals surface area contributed by atoms with Crippen LogP contribution in [-0.2, 0) is 72.3 Å². The van der Waals surface area contributed by atoms with Gasteiger partial charge in [-0.15, -0.1) is 26.4 Å². The number of ether oxygens (including phenoxy) is 4. The maximum atomic E-state index is 9.91. The monoisotopic (exact) mass is 1260 g/mol. The standard InChI is InChI=1S/2C6H12O4.4C5H10O2.2Dy.2Fe.2N3.2H2O/c2*7-1-3-9-5-6-10-4-2-8;4*1-5(2,3)4(6)7;;;;;2*1-3-2;;/h2*1-6H2;4*1-3H3,(H,6,7);;;;;;;2*1H2/q2*-2;;;;;4*+3;2*-1;;/p-6. The Kier molecular flexibility index (Phi) is 111. The molecule has 0 aliphatic rings. The van der Waals surface area contributed by atoms with Gasteiger partial charge >= 0.3 is 110 Å². The molecule has 0 atom stereocenters. The number of aliphatic carboxylic acids is 4. The van der Waals surface area contributed by atoms with Crippen LogP contribution in [0.2, 0.25) is 0 Å². The van der Waals surface area contributed by atoms with Gasteiger partial charge in [0.1, 0.15) is 0 Å². The van der Waals surface area contributed by atoms with Crippen LogP contribution in [-0.4, -0.2) is 114 Å². The maximum Gasteiger partial charge on any atom is 3.00 e. The fraction of sp³-hybridized carbons (Fsp3) is 0.875. The first-order chi connectivity index (χ1) is 24.4. The van der Waals surface area contributed by atoms with Crippen LogP contribution < -0.4 is 40.9 Å². The van der Waals surface area contributed by atoms with E-state index in [0.29, 0.717) is 26.4 Å². The van der Waals surface area contributed by atoms with Gasteiger partial charge in [0.15, 0.2) is 0 Å². The van der Waals surface area contributed by atoms with Crippen molar-refractivity contribution in [3.63, 3.8) is 0 Å². The summed E-state index contributed by atoms with van der Waals surface area (Å²) in [6.45, 7) is 20.8. The quantitative estimate of drug-likeness (QED) is 0.0526. The Morgan fingerprint density at radius 3 is 0.517 bits per heavy atom. The van der Waals surface area contributed by atoms with Gasteiger partial charge in [0.2, 0.25) is 0 Å². The number of carboxylic acids is 4. The molecule has 0 amide bonds. The second-order valence-electron chi connectivity index (χ2n) is 13.6. The molecule has 0 bridgehead atoms. The summed E-state index contributed by atoms with van der Waals surface area (Å²) in [5.74, 6) is -4.03. The predicted octanol–water partition coefficient (Wildman–Crippen LogP) is -4.02. The first-order valence-electron chi connectivity index (χ1n) is 15.9. The third-order valence-electron chi connectivity index (χ3n) is 4.10. The van der Waals surface area contributed by atoms with Crippen LogP contribution in [0.3, 0.4) is 0 Å². The van der Waals surface area contributed by atoms with E-state index >= 15 is 0 Å². The molecular weight excluding hydrogens is 1190 g/mol. The van der Waals surface area contributed by atoms with E-state index in [1.165, 1.54) is 9.82 Å². The third-order valence-corrected chi connectivity index (χ3v) is 4.10. The summed E-state index contributed by atoms with van der Waals surface area (Å²) in [5.41, 5.74) is 24.2. The summed E-state index contributed by atoms with van der Waals surface area (Å²) in [6, 6.07) is 0. The van der Waals surface area contributed by atoms with Crippen LogP contribution in [0.25, 0.3) is 31.9 Å². The predicted molar refractivity (Wildman–Crippen MR) is 185 cm³/mol. The molecule has 0 unspecified atom stereocenters. The van der Waals surface area contributed by atoms with E-state index in [2.05, 4.69) is 0 Å². The maximum absolute atomic E-state index is 9.91. The van der Waals surface area contributed by atoms with E-state index in [9.17, 15) is 60.0 Å². The van der Waals surface area contributed by atoms with Crippen molar-refractivity contribution in [2.75, 3.05) is 79.3 Å². The molecule has 2 N–H and O–H groups in total. The van der Waals surface area contributed by atoms with Crippen LogP contribution in [0.4, 0.5) is 0 Å². The minimum Gasteiger partial charge on any atom is -0.870 e. The Hall–Kier alpha value is -0.316. The van der Waals surface area contributed by atoms with Crippen LogP contribution in [0.1, 0.15) is 83.1 Å². The van der Waals surface area contributed by atoms with Crippen molar-refractivity contribution in [1.29, 1.82) is 0 Å². The number of hydrogen-bond donors (Lipinski definition) is 0. The zero-order valence-electron chi connectivity index (χ0n) is 35.9. The number of carbonyl (C=O) groups is 4. The molecule has 0 aromatic heterocycles. The minimum absolute atomic E-state index is 0. The largest absolute Gasteiger partial charge is 3.00 e. The second kappa shape index (κ2) is 67.8. The van der Waals surface area contributed by atoms with Crippen molar-refractivity contribution >= 4 is 23.9 Å². The first-order valence-corrected chi connectivity index (χ1v) is 15.9. The summed E-state index contributed by atoms with van der Waals surface area (Å²) in [7, 11) is 0.